The molecule has 0 spiro atoms. The number of benzene rings is 2. The van der Waals surface area contributed by atoms with E-state index in [9.17, 15) is 10.1 Å². The molecule has 0 saturated carbocycles. The van der Waals surface area contributed by atoms with Crippen molar-refractivity contribution in [2.45, 2.75) is 78.1 Å². The highest BCUT2D eigenvalue weighted by atomic mass is 16.5. The minimum Gasteiger partial charge on any atom is -0.492 e. The van der Waals surface area contributed by atoms with Crippen LogP contribution in [0.4, 0.5) is 0 Å². The fourth-order valence-corrected chi connectivity index (χ4v) is 3.40. The molecule has 2 rings (SSSR count). The highest BCUT2D eigenvalue weighted by Crippen LogP contribution is 2.22. The van der Waals surface area contributed by atoms with E-state index < -0.39 is 5.97 Å². The van der Waals surface area contributed by atoms with Crippen LogP contribution in [0.25, 0.3) is 0 Å². The second kappa shape index (κ2) is 14.2. The summed E-state index contributed by atoms with van der Waals surface area (Å²) in [6.07, 6.45) is 11.7. The van der Waals surface area contributed by atoms with Crippen LogP contribution in [-0.2, 0) is 6.42 Å². The molecule has 0 aromatic heterocycles. The molecular weight excluding hydrogens is 386 g/mol. The molecule has 0 radical (unpaired) electrons. The van der Waals surface area contributed by atoms with Gasteiger partial charge in [0.2, 0.25) is 0 Å². The highest BCUT2D eigenvalue weighted by Gasteiger charge is 2.13. The number of hydrogen-bond acceptors (Lipinski definition) is 4. The Morgan fingerprint density at radius 2 is 1.55 bits per heavy atom. The molecule has 0 bridgehead atoms. The van der Waals surface area contributed by atoms with Crippen molar-refractivity contribution in [3.63, 3.8) is 0 Å². The maximum Gasteiger partial charge on any atom is 0.343 e. The normalized spacial score (nSPS) is 10.5. The van der Waals surface area contributed by atoms with Crippen LogP contribution in [0, 0.1) is 11.3 Å². The summed E-state index contributed by atoms with van der Waals surface area (Å²) in [5.41, 5.74) is 1.94. The van der Waals surface area contributed by atoms with Gasteiger partial charge in [0.1, 0.15) is 17.6 Å². The summed E-state index contributed by atoms with van der Waals surface area (Å²) in [4.78, 5) is 12.5. The van der Waals surface area contributed by atoms with Crippen molar-refractivity contribution in [1.29, 1.82) is 5.26 Å². The first kappa shape index (κ1) is 24.5. The Kier molecular flexibility index (Phi) is 11.2. The monoisotopic (exact) mass is 421 g/mol. The smallest absolute Gasteiger partial charge is 0.343 e. The van der Waals surface area contributed by atoms with Gasteiger partial charge in [-0.2, -0.15) is 5.26 Å². The van der Waals surface area contributed by atoms with E-state index >= 15 is 0 Å². The predicted octanol–water partition coefficient (Wildman–Crippen LogP) is 7.25. The topological polar surface area (TPSA) is 59.3 Å². The molecule has 0 unspecified atom stereocenters. The Morgan fingerprint density at radius 1 is 0.871 bits per heavy atom. The zero-order valence-electron chi connectivity index (χ0n) is 19.0. The lowest BCUT2D eigenvalue weighted by molar-refractivity contribution is 0.0734. The molecule has 2 aromatic rings. The third-order valence-electron chi connectivity index (χ3n) is 5.29. The van der Waals surface area contributed by atoms with Crippen LogP contribution in [0.2, 0.25) is 0 Å². The van der Waals surface area contributed by atoms with Crippen LogP contribution in [0.5, 0.6) is 11.5 Å². The second-order valence-electron chi connectivity index (χ2n) is 7.93. The molecule has 0 saturated heterocycles. The number of ether oxygens (including phenoxy) is 2. The Hall–Kier alpha value is -2.80. The van der Waals surface area contributed by atoms with Crippen molar-refractivity contribution < 1.29 is 14.3 Å². The number of rotatable bonds is 14. The van der Waals surface area contributed by atoms with Crippen LogP contribution in [-0.4, -0.2) is 12.6 Å². The number of nitriles is 1. The summed E-state index contributed by atoms with van der Waals surface area (Å²) >= 11 is 0. The van der Waals surface area contributed by atoms with Gasteiger partial charge in [-0.25, -0.2) is 4.79 Å². The van der Waals surface area contributed by atoms with Gasteiger partial charge in [0.25, 0.3) is 0 Å². The van der Waals surface area contributed by atoms with Crippen molar-refractivity contribution in [2.24, 2.45) is 0 Å². The summed E-state index contributed by atoms with van der Waals surface area (Å²) in [5.74, 6) is 0.549. The van der Waals surface area contributed by atoms with Crippen LogP contribution in [0.1, 0.15) is 93.1 Å². The molecule has 166 valence electrons. The molecule has 0 amide bonds. The van der Waals surface area contributed by atoms with Crippen LogP contribution in [0.15, 0.2) is 42.5 Å². The first-order chi connectivity index (χ1) is 15.2. The van der Waals surface area contributed by atoms with E-state index in [0.717, 1.165) is 19.3 Å². The highest BCUT2D eigenvalue weighted by molar-refractivity contribution is 5.91. The Balaban J connectivity index is 1.86. The van der Waals surface area contributed by atoms with E-state index in [1.165, 1.54) is 56.6 Å². The lowest BCUT2D eigenvalue weighted by atomic mass is 10.1. The van der Waals surface area contributed by atoms with E-state index in [0.29, 0.717) is 29.2 Å². The maximum atomic E-state index is 12.5. The number of hydrogen-bond donors (Lipinski definition) is 0. The number of aryl methyl sites for hydroxylation is 1. The Bertz CT molecular complexity index is 837. The van der Waals surface area contributed by atoms with E-state index in [2.05, 4.69) is 19.9 Å². The predicted molar refractivity (Wildman–Crippen MR) is 125 cm³/mol. The van der Waals surface area contributed by atoms with E-state index in [-0.39, 0.29) is 0 Å². The summed E-state index contributed by atoms with van der Waals surface area (Å²) in [6.45, 7) is 4.97. The van der Waals surface area contributed by atoms with Crippen molar-refractivity contribution in [3.8, 4) is 17.6 Å². The minimum atomic E-state index is -0.474. The fourth-order valence-electron chi connectivity index (χ4n) is 3.40. The molecule has 4 heteroatoms. The van der Waals surface area contributed by atoms with Gasteiger partial charge in [0, 0.05) is 0 Å². The maximum absolute atomic E-state index is 12.5. The van der Waals surface area contributed by atoms with Crippen molar-refractivity contribution in [2.75, 3.05) is 6.61 Å². The molecule has 4 nitrogen and oxygen atoms in total. The Morgan fingerprint density at radius 3 is 2.26 bits per heavy atom. The van der Waals surface area contributed by atoms with Gasteiger partial charge < -0.3 is 9.47 Å². The molecule has 0 fully saturated rings. The minimum absolute atomic E-state index is 0.343. The first-order valence-electron chi connectivity index (χ1n) is 11.7. The molecular formula is C27H35NO3. The Labute approximate surface area is 187 Å². The standard InChI is InChI=1S/C27H35NO3/c1-3-5-7-8-9-11-19-30-26-18-15-23(20-24(26)21-28)27(29)31-25-16-13-22(14-17-25)12-10-6-4-2/h13-18,20H,3-12,19H2,1-2H3. The third-order valence-corrected chi connectivity index (χ3v) is 5.29. The number of esters is 1. The molecule has 0 aliphatic carbocycles. The van der Waals surface area contributed by atoms with Gasteiger partial charge in [-0.05, 0) is 55.2 Å². The first-order valence-corrected chi connectivity index (χ1v) is 11.7. The lowest BCUT2D eigenvalue weighted by Crippen LogP contribution is -2.09. The fraction of sp³-hybridized carbons (Fsp3) is 0.481. The molecule has 31 heavy (non-hydrogen) atoms. The second-order valence-corrected chi connectivity index (χ2v) is 7.93. The summed E-state index contributed by atoms with van der Waals surface area (Å²) in [5, 5.41) is 9.45. The van der Waals surface area contributed by atoms with Gasteiger partial charge in [-0.1, -0.05) is 70.9 Å². The molecule has 0 heterocycles. The SMILES string of the molecule is CCCCCCCCOc1ccc(C(=O)Oc2ccc(CCCCC)cc2)cc1C#N. The van der Waals surface area contributed by atoms with Crippen molar-refractivity contribution in [3.05, 3.63) is 59.2 Å². The van der Waals surface area contributed by atoms with Crippen LogP contribution < -0.4 is 9.47 Å². The molecule has 0 aliphatic rings. The summed E-state index contributed by atoms with van der Waals surface area (Å²) in [6, 6.07) is 14.6. The number of carbonyl (C=O) groups is 1. The van der Waals surface area contributed by atoms with Crippen LogP contribution >= 0.6 is 0 Å². The zero-order valence-corrected chi connectivity index (χ0v) is 19.0. The van der Waals surface area contributed by atoms with E-state index in [4.69, 9.17) is 9.47 Å². The van der Waals surface area contributed by atoms with Crippen LogP contribution in [0.3, 0.4) is 0 Å². The van der Waals surface area contributed by atoms with Crippen molar-refractivity contribution in [1.82, 2.24) is 0 Å². The van der Waals surface area contributed by atoms with E-state index in [1.807, 2.05) is 24.3 Å². The number of unbranched alkanes of at least 4 members (excludes halogenated alkanes) is 7. The third kappa shape index (κ3) is 8.84. The van der Waals surface area contributed by atoms with Gasteiger partial charge in [0.15, 0.2) is 0 Å². The zero-order chi connectivity index (χ0) is 22.3. The molecule has 0 atom stereocenters. The lowest BCUT2D eigenvalue weighted by Gasteiger charge is -2.10. The molecule has 0 N–H and O–H groups in total. The number of carbonyl (C=O) groups excluding carboxylic acids is 1. The quantitative estimate of drug-likeness (QED) is 0.183. The summed E-state index contributed by atoms with van der Waals surface area (Å²) in [7, 11) is 0. The summed E-state index contributed by atoms with van der Waals surface area (Å²) < 4.78 is 11.2. The van der Waals surface area contributed by atoms with E-state index in [1.54, 1.807) is 12.1 Å². The van der Waals surface area contributed by atoms with Gasteiger partial charge >= 0.3 is 5.97 Å². The van der Waals surface area contributed by atoms with Crippen molar-refractivity contribution >= 4 is 5.97 Å². The molecule has 2 aromatic carbocycles. The largest absolute Gasteiger partial charge is 0.492 e. The number of nitrogens with zero attached hydrogens (tertiary/aromatic N) is 1. The van der Waals surface area contributed by atoms with Gasteiger partial charge in [-0.15, -0.1) is 0 Å². The van der Waals surface area contributed by atoms with Gasteiger partial charge in [-0.3, -0.25) is 0 Å². The van der Waals surface area contributed by atoms with Gasteiger partial charge in [0.05, 0.1) is 17.7 Å². The average molecular weight is 422 g/mol. The molecule has 0 aliphatic heterocycles. The average Bonchev–Trinajstić information content (AvgIpc) is 2.79.